The molecule has 2 fully saturated rings. The molecule has 0 aliphatic carbocycles. The molecule has 0 aromatic carbocycles. The third-order valence-corrected chi connectivity index (χ3v) is 4.28. The molecule has 4 nitrogen and oxygen atoms in total. The largest absolute Gasteiger partial charge is 0.480 e. The van der Waals surface area contributed by atoms with Gasteiger partial charge in [0.2, 0.25) is 0 Å². The number of rotatable bonds is 3. The van der Waals surface area contributed by atoms with Gasteiger partial charge in [0.15, 0.2) is 0 Å². The maximum atomic E-state index is 11.2. The number of piperidine rings is 1. The monoisotopic (exact) mass is 240 g/mol. The summed E-state index contributed by atoms with van der Waals surface area (Å²) in [5.74, 6) is -0.631. The van der Waals surface area contributed by atoms with Crippen molar-refractivity contribution in [3.05, 3.63) is 0 Å². The zero-order valence-electron chi connectivity index (χ0n) is 10.9. The van der Waals surface area contributed by atoms with Crippen LogP contribution in [-0.2, 0) is 4.79 Å². The lowest BCUT2D eigenvalue weighted by Crippen LogP contribution is -2.50. The summed E-state index contributed by atoms with van der Waals surface area (Å²) < 4.78 is 0. The van der Waals surface area contributed by atoms with E-state index in [0.717, 1.165) is 45.3 Å². The van der Waals surface area contributed by atoms with E-state index in [4.69, 9.17) is 0 Å². The molecule has 1 N–H and O–H groups in total. The van der Waals surface area contributed by atoms with Crippen molar-refractivity contribution in [2.75, 3.05) is 19.6 Å². The highest BCUT2D eigenvalue weighted by molar-refractivity contribution is 5.73. The van der Waals surface area contributed by atoms with Crippen LogP contribution in [0.15, 0.2) is 0 Å². The molecule has 0 aromatic heterocycles. The zero-order valence-corrected chi connectivity index (χ0v) is 10.9. The van der Waals surface area contributed by atoms with Gasteiger partial charge < -0.3 is 10.0 Å². The third-order valence-electron chi connectivity index (χ3n) is 4.28. The highest BCUT2D eigenvalue weighted by Gasteiger charge is 2.36. The van der Waals surface area contributed by atoms with Gasteiger partial charge in [-0.1, -0.05) is 0 Å². The molecule has 98 valence electrons. The van der Waals surface area contributed by atoms with E-state index in [1.54, 1.807) is 0 Å². The van der Waals surface area contributed by atoms with E-state index in [1.165, 1.54) is 0 Å². The fourth-order valence-electron chi connectivity index (χ4n) is 3.23. The summed E-state index contributed by atoms with van der Waals surface area (Å²) in [6.45, 7) is 7.67. The van der Waals surface area contributed by atoms with E-state index in [2.05, 4.69) is 23.6 Å². The van der Waals surface area contributed by atoms with Gasteiger partial charge in [0.25, 0.3) is 0 Å². The van der Waals surface area contributed by atoms with E-state index in [9.17, 15) is 9.90 Å². The van der Waals surface area contributed by atoms with Gasteiger partial charge in [-0.3, -0.25) is 9.69 Å². The second-order valence-electron chi connectivity index (χ2n) is 5.59. The number of likely N-dealkylation sites (tertiary alicyclic amines) is 2. The smallest absolute Gasteiger partial charge is 0.320 e. The van der Waals surface area contributed by atoms with Crippen LogP contribution in [0.4, 0.5) is 0 Å². The standard InChI is InChI=1S/C13H24N2O2/c1-10(2)14-8-5-11(6-9-14)15-7-3-4-12(15)13(16)17/h10-12H,3-9H2,1-2H3,(H,16,17)/t12-/m0/s1. The summed E-state index contributed by atoms with van der Waals surface area (Å²) >= 11 is 0. The molecule has 2 aliphatic heterocycles. The number of carbonyl (C=O) groups is 1. The Labute approximate surface area is 104 Å². The lowest BCUT2D eigenvalue weighted by Gasteiger charge is -2.39. The molecule has 0 radical (unpaired) electrons. The second kappa shape index (κ2) is 5.36. The van der Waals surface area contributed by atoms with E-state index in [0.29, 0.717) is 12.1 Å². The molecule has 0 aromatic rings. The molecule has 2 rings (SSSR count). The molecular weight excluding hydrogens is 216 g/mol. The Balaban J connectivity index is 1.90. The quantitative estimate of drug-likeness (QED) is 0.810. The summed E-state index contributed by atoms with van der Waals surface area (Å²) in [4.78, 5) is 15.9. The minimum Gasteiger partial charge on any atom is -0.480 e. The van der Waals surface area contributed by atoms with Crippen molar-refractivity contribution in [2.45, 2.75) is 57.7 Å². The molecule has 0 saturated carbocycles. The normalized spacial score (nSPS) is 29.0. The Morgan fingerprint density at radius 1 is 1.18 bits per heavy atom. The zero-order chi connectivity index (χ0) is 12.4. The van der Waals surface area contributed by atoms with Crippen LogP contribution in [0, 0.1) is 0 Å². The lowest BCUT2D eigenvalue weighted by molar-refractivity contribution is -0.143. The Kier molecular flexibility index (Phi) is 4.05. The van der Waals surface area contributed by atoms with Gasteiger partial charge in [-0.15, -0.1) is 0 Å². The molecule has 0 spiro atoms. The number of nitrogens with zero attached hydrogens (tertiary/aromatic N) is 2. The van der Waals surface area contributed by atoms with Crippen LogP contribution in [0.2, 0.25) is 0 Å². The molecule has 0 unspecified atom stereocenters. The molecule has 1 atom stereocenters. The molecule has 2 saturated heterocycles. The van der Waals surface area contributed by atoms with Crippen LogP contribution in [0.1, 0.15) is 39.5 Å². The fourth-order valence-corrected chi connectivity index (χ4v) is 3.23. The van der Waals surface area contributed by atoms with Gasteiger partial charge in [-0.2, -0.15) is 0 Å². The molecular formula is C13H24N2O2. The predicted molar refractivity (Wildman–Crippen MR) is 67.1 cm³/mol. The van der Waals surface area contributed by atoms with Crippen molar-refractivity contribution in [2.24, 2.45) is 0 Å². The maximum absolute atomic E-state index is 11.2. The molecule has 0 amide bonds. The van der Waals surface area contributed by atoms with Crippen LogP contribution in [0.3, 0.4) is 0 Å². The number of carboxylic acids is 1. The maximum Gasteiger partial charge on any atom is 0.320 e. The first-order valence-corrected chi connectivity index (χ1v) is 6.82. The highest BCUT2D eigenvalue weighted by atomic mass is 16.4. The number of hydrogen-bond acceptors (Lipinski definition) is 3. The fraction of sp³-hybridized carbons (Fsp3) is 0.923. The Hall–Kier alpha value is -0.610. The van der Waals surface area contributed by atoms with Crippen LogP contribution in [0.5, 0.6) is 0 Å². The van der Waals surface area contributed by atoms with Gasteiger partial charge in [-0.05, 0) is 59.2 Å². The molecule has 2 heterocycles. The second-order valence-corrected chi connectivity index (χ2v) is 5.59. The van der Waals surface area contributed by atoms with Crippen molar-refractivity contribution in [3.8, 4) is 0 Å². The van der Waals surface area contributed by atoms with Crippen molar-refractivity contribution in [1.29, 1.82) is 0 Å². The predicted octanol–water partition coefficient (Wildman–Crippen LogP) is 1.41. The third kappa shape index (κ3) is 2.80. The minimum atomic E-state index is -0.631. The number of hydrogen-bond donors (Lipinski definition) is 1. The molecule has 2 aliphatic rings. The summed E-state index contributed by atoms with van der Waals surface area (Å²) in [6.07, 6.45) is 4.13. The first kappa shape index (κ1) is 12.8. The first-order chi connectivity index (χ1) is 8.09. The van der Waals surface area contributed by atoms with Crippen molar-refractivity contribution in [3.63, 3.8) is 0 Å². The van der Waals surface area contributed by atoms with E-state index in [1.807, 2.05) is 0 Å². The molecule has 4 heteroatoms. The Morgan fingerprint density at radius 3 is 2.35 bits per heavy atom. The first-order valence-electron chi connectivity index (χ1n) is 6.82. The lowest BCUT2D eigenvalue weighted by atomic mass is 10.0. The topological polar surface area (TPSA) is 43.8 Å². The SMILES string of the molecule is CC(C)N1CCC(N2CCC[C@H]2C(=O)O)CC1. The number of carboxylic acid groups (broad SMARTS) is 1. The van der Waals surface area contributed by atoms with E-state index >= 15 is 0 Å². The van der Waals surface area contributed by atoms with Gasteiger partial charge in [0.05, 0.1) is 0 Å². The summed E-state index contributed by atoms with van der Waals surface area (Å²) in [5.41, 5.74) is 0. The minimum absolute atomic E-state index is 0.217. The van der Waals surface area contributed by atoms with Crippen molar-refractivity contribution >= 4 is 5.97 Å². The van der Waals surface area contributed by atoms with Crippen molar-refractivity contribution in [1.82, 2.24) is 9.80 Å². The van der Waals surface area contributed by atoms with Gasteiger partial charge in [-0.25, -0.2) is 0 Å². The molecule has 17 heavy (non-hydrogen) atoms. The Morgan fingerprint density at radius 2 is 1.82 bits per heavy atom. The highest BCUT2D eigenvalue weighted by Crippen LogP contribution is 2.26. The van der Waals surface area contributed by atoms with Crippen LogP contribution in [-0.4, -0.2) is 58.6 Å². The average molecular weight is 240 g/mol. The molecule has 0 bridgehead atoms. The van der Waals surface area contributed by atoms with Crippen LogP contribution < -0.4 is 0 Å². The summed E-state index contributed by atoms with van der Waals surface area (Å²) in [7, 11) is 0. The van der Waals surface area contributed by atoms with Gasteiger partial charge >= 0.3 is 5.97 Å². The van der Waals surface area contributed by atoms with Crippen LogP contribution >= 0.6 is 0 Å². The van der Waals surface area contributed by atoms with Crippen molar-refractivity contribution < 1.29 is 9.90 Å². The summed E-state index contributed by atoms with van der Waals surface area (Å²) in [6, 6.07) is 0.893. The van der Waals surface area contributed by atoms with Crippen LogP contribution in [0.25, 0.3) is 0 Å². The summed E-state index contributed by atoms with van der Waals surface area (Å²) in [5, 5.41) is 9.20. The van der Waals surface area contributed by atoms with E-state index in [-0.39, 0.29) is 6.04 Å². The van der Waals surface area contributed by atoms with E-state index < -0.39 is 5.97 Å². The Bertz CT molecular complexity index is 273. The van der Waals surface area contributed by atoms with Gasteiger partial charge in [0.1, 0.15) is 6.04 Å². The number of aliphatic carboxylic acids is 1. The van der Waals surface area contributed by atoms with Gasteiger partial charge in [0, 0.05) is 12.1 Å². The average Bonchev–Trinajstić information content (AvgIpc) is 2.78.